The van der Waals surface area contributed by atoms with Crippen LogP contribution in [0.4, 0.5) is 0 Å². The molecule has 0 aliphatic carbocycles. The van der Waals surface area contributed by atoms with Gasteiger partial charge in [-0.15, -0.1) is 11.3 Å². The first-order valence-corrected chi connectivity index (χ1v) is 8.73. The zero-order valence-corrected chi connectivity index (χ0v) is 14.3. The molecule has 2 amide bonds. The first kappa shape index (κ1) is 16.9. The van der Waals surface area contributed by atoms with Gasteiger partial charge in [0.25, 0.3) is 5.91 Å². The molecular weight excluding hydrogens is 336 g/mol. The van der Waals surface area contributed by atoms with Crippen molar-refractivity contribution in [2.24, 2.45) is 0 Å². The topological polar surface area (TPSA) is 76.0 Å². The highest BCUT2D eigenvalue weighted by Gasteiger charge is 2.09. The van der Waals surface area contributed by atoms with Crippen molar-refractivity contribution < 1.29 is 9.59 Å². The second-order valence-electron chi connectivity index (χ2n) is 5.41. The van der Waals surface area contributed by atoms with Crippen LogP contribution in [0, 0.1) is 0 Å². The smallest absolute Gasteiger partial charge is 0.261 e. The van der Waals surface area contributed by atoms with Gasteiger partial charge in [0, 0.05) is 18.9 Å². The van der Waals surface area contributed by atoms with Crippen molar-refractivity contribution in [1.29, 1.82) is 0 Å². The second-order valence-corrected chi connectivity index (χ2v) is 6.36. The molecule has 2 N–H and O–H groups in total. The monoisotopic (exact) mass is 354 g/mol. The zero-order valence-electron chi connectivity index (χ0n) is 13.5. The zero-order chi connectivity index (χ0) is 17.5. The van der Waals surface area contributed by atoms with Gasteiger partial charge in [-0.2, -0.15) is 5.10 Å². The van der Waals surface area contributed by atoms with Gasteiger partial charge < -0.3 is 10.6 Å². The Bertz CT molecular complexity index is 829. The van der Waals surface area contributed by atoms with Gasteiger partial charge in [-0.25, -0.2) is 0 Å². The molecule has 2 heterocycles. The van der Waals surface area contributed by atoms with E-state index in [9.17, 15) is 9.59 Å². The molecule has 0 aliphatic rings. The molecule has 0 unspecified atom stereocenters. The van der Waals surface area contributed by atoms with Crippen LogP contribution in [0.2, 0.25) is 0 Å². The van der Waals surface area contributed by atoms with E-state index >= 15 is 0 Å². The van der Waals surface area contributed by atoms with E-state index in [2.05, 4.69) is 15.7 Å². The molecule has 128 valence electrons. The van der Waals surface area contributed by atoms with Gasteiger partial charge in [0.05, 0.1) is 18.0 Å². The fraction of sp³-hybridized carbons (Fsp3) is 0.167. The summed E-state index contributed by atoms with van der Waals surface area (Å²) in [6.45, 7) is 1.01. The first-order chi connectivity index (χ1) is 12.2. The van der Waals surface area contributed by atoms with Crippen LogP contribution in [-0.4, -0.2) is 28.1 Å². The Morgan fingerprint density at radius 1 is 1.04 bits per heavy atom. The molecular formula is C18H18N4O2S. The molecule has 0 atom stereocenters. The van der Waals surface area contributed by atoms with Gasteiger partial charge in [0.1, 0.15) is 0 Å². The lowest BCUT2D eigenvalue weighted by Crippen LogP contribution is -2.36. The molecule has 3 rings (SSSR count). The molecule has 0 radical (unpaired) electrons. The minimum absolute atomic E-state index is 0.0436. The summed E-state index contributed by atoms with van der Waals surface area (Å²) in [5.74, 6) is -0.456. The van der Waals surface area contributed by atoms with E-state index in [-0.39, 0.29) is 18.4 Å². The van der Waals surface area contributed by atoms with Crippen molar-refractivity contribution in [3.63, 3.8) is 0 Å². The number of nitrogens with zero attached hydrogens (tertiary/aromatic N) is 2. The summed E-state index contributed by atoms with van der Waals surface area (Å²) < 4.78 is 1.84. The van der Waals surface area contributed by atoms with Crippen molar-refractivity contribution in [2.75, 3.05) is 6.54 Å². The molecule has 0 spiro atoms. The highest BCUT2D eigenvalue weighted by molar-refractivity contribution is 7.12. The average molecular weight is 354 g/mol. The molecule has 25 heavy (non-hydrogen) atoms. The Morgan fingerprint density at radius 2 is 1.88 bits per heavy atom. The number of aromatic nitrogens is 2. The summed E-state index contributed by atoms with van der Waals surface area (Å²) in [5.41, 5.74) is 2.12. The number of benzene rings is 1. The lowest BCUT2D eigenvalue weighted by atomic mass is 10.1. The molecule has 2 aromatic heterocycles. The number of rotatable bonds is 7. The number of thiophene rings is 1. The van der Waals surface area contributed by atoms with Crippen LogP contribution in [-0.2, 0) is 17.9 Å². The van der Waals surface area contributed by atoms with Gasteiger partial charge in [0.15, 0.2) is 0 Å². The SMILES string of the molecule is O=C(CNC(=O)c1cccs1)NCc1ccccc1Cn1cccn1. The molecule has 0 saturated carbocycles. The van der Waals surface area contributed by atoms with Crippen LogP contribution in [0.25, 0.3) is 0 Å². The molecule has 3 aromatic rings. The quantitative estimate of drug-likeness (QED) is 0.682. The molecule has 0 fully saturated rings. The Balaban J connectivity index is 1.51. The molecule has 6 nitrogen and oxygen atoms in total. The van der Waals surface area contributed by atoms with Crippen LogP contribution in [0.3, 0.4) is 0 Å². The Hall–Kier alpha value is -2.93. The summed E-state index contributed by atoms with van der Waals surface area (Å²) in [6.07, 6.45) is 3.64. The molecule has 1 aromatic carbocycles. The van der Waals surface area contributed by atoms with Crippen molar-refractivity contribution >= 4 is 23.2 Å². The van der Waals surface area contributed by atoms with E-state index < -0.39 is 0 Å². The van der Waals surface area contributed by atoms with Crippen molar-refractivity contribution in [3.05, 3.63) is 76.2 Å². The number of amides is 2. The highest BCUT2D eigenvalue weighted by atomic mass is 32.1. The number of hydrogen-bond donors (Lipinski definition) is 2. The van der Waals surface area contributed by atoms with Gasteiger partial charge in [-0.1, -0.05) is 30.3 Å². The van der Waals surface area contributed by atoms with E-state index in [4.69, 9.17) is 0 Å². The maximum absolute atomic E-state index is 12.0. The van der Waals surface area contributed by atoms with E-state index in [0.29, 0.717) is 18.0 Å². The lowest BCUT2D eigenvalue weighted by molar-refractivity contribution is -0.120. The van der Waals surface area contributed by atoms with E-state index in [1.807, 2.05) is 46.6 Å². The third-order valence-corrected chi connectivity index (χ3v) is 4.51. The van der Waals surface area contributed by atoms with Crippen LogP contribution < -0.4 is 10.6 Å². The fourth-order valence-electron chi connectivity index (χ4n) is 2.36. The maximum Gasteiger partial charge on any atom is 0.261 e. The van der Waals surface area contributed by atoms with E-state index in [1.165, 1.54) is 11.3 Å². The number of nitrogens with one attached hydrogen (secondary N) is 2. The van der Waals surface area contributed by atoms with Crippen LogP contribution in [0.5, 0.6) is 0 Å². The predicted octanol–water partition coefficient (Wildman–Crippen LogP) is 2.04. The normalized spacial score (nSPS) is 10.4. The summed E-state index contributed by atoms with van der Waals surface area (Å²) in [7, 11) is 0. The van der Waals surface area contributed by atoms with Gasteiger partial charge in [-0.3, -0.25) is 14.3 Å². The Labute approximate surface area is 149 Å². The summed E-state index contributed by atoms with van der Waals surface area (Å²) in [6, 6.07) is 13.3. The van der Waals surface area contributed by atoms with Crippen LogP contribution in [0.15, 0.2) is 60.2 Å². The molecule has 0 aliphatic heterocycles. The highest BCUT2D eigenvalue weighted by Crippen LogP contribution is 2.10. The van der Waals surface area contributed by atoms with Crippen molar-refractivity contribution in [3.8, 4) is 0 Å². The number of carbonyl (C=O) groups excluding carboxylic acids is 2. The van der Waals surface area contributed by atoms with Crippen molar-refractivity contribution in [2.45, 2.75) is 13.1 Å². The van der Waals surface area contributed by atoms with Crippen LogP contribution in [0.1, 0.15) is 20.8 Å². The summed E-state index contributed by atoms with van der Waals surface area (Å²) in [5, 5.41) is 11.5. The molecule has 7 heteroatoms. The second kappa shape index (κ2) is 8.25. The van der Waals surface area contributed by atoms with Gasteiger partial charge >= 0.3 is 0 Å². The first-order valence-electron chi connectivity index (χ1n) is 7.85. The summed E-state index contributed by atoms with van der Waals surface area (Å²) in [4.78, 5) is 24.4. The Kier molecular flexibility index (Phi) is 5.58. The van der Waals surface area contributed by atoms with Crippen LogP contribution >= 0.6 is 11.3 Å². The third kappa shape index (κ3) is 4.77. The minimum Gasteiger partial charge on any atom is -0.350 e. The molecule has 0 saturated heterocycles. The summed E-state index contributed by atoms with van der Waals surface area (Å²) >= 11 is 1.34. The fourth-order valence-corrected chi connectivity index (χ4v) is 3.00. The molecule has 0 bridgehead atoms. The third-order valence-electron chi connectivity index (χ3n) is 3.64. The number of carbonyl (C=O) groups is 2. The van der Waals surface area contributed by atoms with E-state index in [0.717, 1.165) is 11.1 Å². The van der Waals surface area contributed by atoms with E-state index in [1.54, 1.807) is 18.3 Å². The largest absolute Gasteiger partial charge is 0.350 e. The lowest BCUT2D eigenvalue weighted by Gasteiger charge is -2.11. The standard InChI is InChI=1S/C18H18N4O2S/c23-17(12-20-18(24)16-7-3-10-25-16)19-11-14-5-1-2-6-15(14)13-22-9-4-8-21-22/h1-10H,11-13H2,(H,19,23)(H,20,24). The van der Waals surface area contributed by atoms with Crippen molar-refractivity contribution in [1.82, 2.24) is 20.4 Å². The van der Waals surface area contributed by atoms with Gasteiger partial charge in [-0.05, 0) is 28.6 Å². The predicted molar refractivity (Wildman–Crippen MR) is 96.3 cm³/mol. The average Bonchev–Trinajstić information content (AvgIpc) is 3.32. The minimum atomic E-state index is -0.232. The Morgan fingerprint density at radius 3 is 2.60 bits per heavy atom. The maximum atomic E-state index is 12.0. The van der Waals surface area contributed by atoms with Gasteiger partial charge in [0.2, 0.25) is 5.91 Å². The number of hydrogen-bond acceptors (Lipinski definition) is 4.